The number of nitrogens with zero attached hydrogens (tertiary/aromatic N) is 5. The zero-order chi connectivity index (χ0) is 27.5. The van der Waals surface area contributed by atoms with Gasteiger partial charge in [0, 0.05) is 42.5 Å². The molecule has 2 aromatic carbocycles. The van der Waals surface area contributed by atoms with Gasteiger partial charge in [0.05, 0.1) is 30.4 Å². The van der Waals surface area contributed by atoms with Crippen LogP contribution >= 0.6 is 11.6 Å². The standard InChI is InChI=1S/C29H30ClN7O2/c1-5-27(38)33-22-14-23(26(39-4)15-25(22)37(3)20-10-12-36(2)17-20)34-29-32-16-24-28(35-29)21(9-11-31-24)18-7-6-8-19(30)13-18/h5-9,11,13-16,20H,1,10,12,17H2,2-4H3,(H,33,38)(H,32,34,35). The summed E-state index contributed by atoms with van der Waals surface area (Å²) in [4.78, 5) is 30.5. The number of rotatable bonds is 8. The number of carbonyl (C=O) groups excluding carboxylic acids is 1. The second-order valence-corrected chi connectivity index (χ2v) is 9.94. The average Bonchev–Trinajstić information content (AvgIpc) is 3.38. The number of methoxy groups -OCH3 is 1. The lowest BCUT2D eigenvalue weighted by Crippen LogP contribution is -2.34. The number of halogens is 1. The molecule has 200 valence electrons. The van der Waals surface area contributed by atoms with Crippen LogP contribution in [0.4, 0.5) is 23.0 Å². The molecule has 2 aromatic heterocycles. The van der Waals surface area contributed by atoms with E-state index >= 15 is 0 Å². The monoisotopic (exact) mass is 543 g/mol. The van der Waals surface area contributed by atoms with Crippen LogP contribution in [0.15, 0.2) is 67.5 Å². The number of likely N-dealkylation sites (tertiary alicyclic amines) is 1. The first-order chi connectivity index (χ1) is 18.9. The molecule has 1 fully saturated rings. The Bertz CT molecular complexity index is 1540. The van der Waals surface area contributed by atoms with Gasteiger partial charge in [-0.15, -0.1) is 0 Å². The number of amides is 1. The molecular weight excluding hydrogens is 514 g/mol. The Labute approximate surface area is 232 Å². The lowest BCUT2D eigenvalue weighted by Gasteiger charge is -2.29. The molecule has 1 aliphatic heterocycles. The third-order valence-corrected chi connectivity index (χ3v) is 7.15. The van der Waals surface area contributed by atoms with Gasteiger partial charge in [-0.1, -0.05) is 30.3 Å². The summed E-state index contributed by atoms with van der Waals surface area (Å²) in [5.74, 6) is 0.643. The average molecular weight is 544 g/mol. The van der Waals surface area contributed by atoms with E-state index in [-0.39, 0.29) is 5.91 Å². The van der Waals surface area contributed by atoms with Crippen LogP contribution in [0.5, 0.6) is 5.75 Å². The third-order valence-electron chi connectivity index (χ3n) is 6.92. The molecule has 1 amide bonds. The highest BCUT2D eigenvalue weighted by Gasteiger charge is 2.26. The number of ether oxygens (including phenoxy) is 1. The Hall–Kier alpha value is -4.21. The van der Waals surface area contributed by atoms with Crippen LogP contribution in [0, 0.1) is 0 Å². The van der Waals surface area contributed by atoms with E-state index < -0.39 is 0 Å². The molecule has 1 atom stereocenters. The molecule has 0 bridgehead atoms. The molecule has 10 heteroatoms. The van der Waals surface area contributed by atoms with Crippen molar-refractivity contribution in [1.82, 2.24) is 19.9 Å². The van der Waals surface area contributed by atoms with Gasteiger partial charge >= 0.3 is 0 Å². The van der Waals surface area contributed by atoms with Gasteiger partial charge in [-0.25, -0.2) is 9.97 Å². The van der Waals surface area contributed by atoms with Crippen LogP contribution in [-0.2, 0) is 4.79 Å². The molecule has 1 unspecified atom stereocenters. The van der Waals surface area contributed by atoms with Gasteiger partial charge in [0.1, 0.15) is 16.8 Å². The van der Waals surface area contributed by atoms with Crippen LogP contribution in [0.2, 0.25) is 5.02 Å². The van der Waals surface area contributed by atoms with Crippen molar-refractivity contribution in [3.05, 3.63) is 72.5 Å². The maximum atomic E-state index is 12.3. The van der Waals surface area contributed by atoms with Gasteiger partial charge in [0.2, 0.25) is 11.9 Å². The molecule has 1 saturated heterocycles. The smallest absolute Gasteiger partial charge is 0.247 e. The van der Waals surface area contributed by atoms with Crippen LogP contribution in [0.3, 0.4) is 0 Å². The number of fused-ring (bicyclic) bond motifs is 1. The van der Waals surface area contributed by atoms with Crippen LogP contribution < -0.4 is 20.3 Å². The Morgan fingerprint density at radius 2 is 2.08 bits per heavy atom. The predicted molar refractivity (Wildman–Crippen MR) is 157 cm³/mol. The maximum absolute atomic E-state index is 12.3. The Balaban J connectivity index is 1.54. The first kappa shape index (κ1) is 26.4. The largest absolute Gasteiger partial charge is 0.494 e. The fourth-order valence-corrected chi connectivity index (χ4v) is 5.04. The molecule has 3 heterocycles. The van der Waals surface area contributed by atoms with E-state index in [1.54, 1.807) is 19.5 Å². The first-order valence-electron chi connectivity index (χ1n) is 12.6. The van der Waals surface area contributed by atoms with Crippen molar-refractivity contribution in [1.29, 1.82) is 0 Å². The predicted octanol–water partition coefficient (Wildman–Crippen LogP) is 5.36. The number of nitrogens with one attached hydrogen (secondary N) is 2. The highest BCUT2D eigenvalue weighted by molar-refractivity contribution is 6.30. The van der Waals surface area contributed by atoms with Gasteiger partial charge in [0.25, 0.3) is 0 Å². The molecule has 0 spiro atoms. The molecule has 0 radical (unpaired) electrons. The summed E-state index contributed by atoms with van der Waals surface area (Å²) in [6, 6.07) is 13.6. The quantitative estimate of drug-likeness (QED) is 0.287. The minimum Gasteiger partial charge on any atom is -0.494 e. The van der Waals surface area contributed by atoms with Gasteiger partial charge in [-0.3, -0.25) is 9.78 Å². The summed E-state index contributed by atoms with van der Waals surface area (Å²) in [5, 5.41) is 6.86. The highest BCUT2D eigenvalue weighted by Crippen LogP contribution is 2.39. The molecule has 9 nitrogen and oxygen atoms in total. The number of anilines is 4. The van der Waals surface area contributed by atoms with Crippen molar-refractivity contribution in [3.63, 3.8) is 0 Å². The SMILES string of the molecule is C=CC(=O)Nc1cc(Nc2ncc3nccc(-c4cccc(Cl)c4)c3n2)c(OC)cc1N(C)C1CCN(C)C1. The summed E-state index contributed by atoms with van der Waals surface area (Å²) in [5.41, 5.74) is 5.22. The number of hydrogen-bond acceptors (Lipinski definition) is 8. The summed E-state index contributed by atoms with van der Waals surface area (Å²) < 4.78 is 5.76. The number of benzene rings is 2. The summed E-state index contributed by atoms with van der Waals surface area (Å²) in [6.07, 6.45) is 5.67. The lowest BCUT2D eigenvalue weighted by molar-refractivity contribution is -0.111. The van der Waals surface area contributed by atoms with Gasteiger partial charge in [0.15, 0.2) is 0 Å². The number of carbonyl (C=O) groups is 1. The van der Waals surface area contributed by atoms with Crippen molar-refractivity contribution in [2.45, 2.75) is 12.5 Å². The Kier molecular flexibility index (Phi) is 7.63. The number of hydrogen-bond donors (Lipinski definition) is 2. The zero-order valence-corrected chi connectivity index (χ0v) is 22.9. The summed E-state index contributed by atoms with van der Waals surface area (Å²) in [6.45, 7) is 5.55. The van der Waals surface area contributed by atoms with Crippen LogP contribution in [0.25, 0.3) is 22.2 Å². The third kappa shape index (κ3) is 5.64. The zero-order valence-electron chi connectivity index (χ0n) is 22.1. The van der Waals surface area contributed by atoms with Crippen molar-refractivity contribution < 1.29 is 9.53 Å². The van der Waals surface area contributed by atoms with Crippen LogP contribution in [0.1, 0.15) is 6.42 Å². The second kappa shape index (κ2) is 11.3. The number of aromatic nitrogens is 3. The van der Waals surface area contributed by atoms with Crippen molar-refractivity contribution >= 4 is 51.6 Å². The van der Waals surface area contributed by atoms with Crippen molar-refractivity contribution in [2.24, 2.45) is 0 Å². The maximum Gasteiger partial charge on any atom is 0.247 e. The molecule has 39 heavy (non-hydrogen) atoms. The van der Waals surface area contributed by atoms with Crippen molar-refractivity contribution in [3.8, 4) is 16.9 Å². The molecule has 0 aliphatic carbocycles. The Morgan fingerprint density at radius 1 is 1.23 bits per heavy atom. The fourth-order valence-electron chi connectivity index (χ4n) is 4.84. The molecule has 4 aromatic rings. The molecule has 5 rings (SSSR count). The van der Waals surface area contributed by atoms with E-state index in [0.717, 1.165) is 36.3 Å². The van der Waals surface area contributed by atoms with E-state index in [2.05, 4.69) is 44.0 Å². The van der Waals surface area contributed by atoms with Gasteiger partial charge in [-0.2, -0.15) is 0 Å². The normalized spacial score (nSPS) is 15.2. The minimum absolute atomic E-state index is 0.302. The fraction of sp³-hybridized carbons (Fsp3) is 0.241. The number of likely N-dealkylation sites (N-methyl/N-ethyl adjacent to an activating group) is 2. The van der Waals surface area contributed by atoms with Crippen molar-refractivity contribution in [2.75, 3.05) is 49.8 Å². The van der Waals surface area contributed by atoms with E-state index in [4.69, 9.17) is 21.3 Å². The van der Waals surface area contributed by atoms with E-state index in [9.17, 15) is 4.79 Å². The van der Waals surface area contributed by atoms with E-state index in [1.165, 1.54) is 6.08 Å². The second-order valence-electron chi connectivity index (χ2n) is 9.50. The summed E-state index contributed by atoms with van der Waals surface area (Å²) >= 11 is 6.25. The lowest BCUT2D eigenvalue weighted by atomic mass is 10.1. The Morgan fingerprint density at radius 3 is 2.79 bits per heavy atom. The van der Waals surface area contributed by atoms with E-state index in [1.807, 2.05) is 49.5 Å². The van der Waals surface area contributed by atoms with Gasteiger partial charge < -0.3 is 25.2 Å². The molecule has 2 N–H and O–H groups in total. The highest BCUT2D eigenvalue weighted by atomic mass is 35.5. The molecule has 1 aliphatic rings. The minimum atomic E-state index is -0.302. The van der Waals surface area contributed by atoms with Gasteiger partial charge in [-0.05, 0) is 55.9 Å². The van der Waals surface area contributed by atoms with Crippen LogP contribution in [-0.4, -0.2) is 66.1 Å². The topological polar surface area (TPSA) is 95.5 Å². The van der Waals surface area contributed by atoms with E-state index in [0.29, 0.717) is 45.2 Å². The molecule has 0 saturated carbocycles. The summed E-state index contributed by atoms with van der Waals surface area (Å²) in [7, 11) is 5.75. The molecular formula is C29H30ClN7O2. The number of pyridine rings is 1. The first-order valence-corrected chi connectivity index (χ1v) is 13.0.